The van der Waals surface area contributed by atoms with Gasteiger partial charge in [0.05, 0.1) is 18.3 Å². The molecule has 2 aromatic rings. The van der Waals surface area contributed by atoms with E-state index in [1.165, 1.54) is 16.7 Å². The molecule has 10 heteroatoms. The molecule has 208 valence electrons. The maximum absolute atomic E-state index is 13.5. The number of fused-ring (bicyclic) bond motifs is 1. The van der Waals surface area contributed by atoms with E-state index in [4.69, 9.17) is 4.74 Å². The molecule has 1 unspecified atom stereocenters. The predicted molar refractivity (Wildman–Crippen MR) is 149 cm³/mol. The third-order valence-corrected chi connectivity index (χ3v) is 8.33. The molecule has 0 radical (unpaired) electrons. The van der Waals surface area contributed by atoms with E-state index in [1.807, 2.05) is 47.4 Å². The van der Waals surface area contributed by atoms with Crippen LogP contribution in [0.25, 0.3) is 0 Å². The van der Waals surface area contributed by atoms with Gasteiger partial charge in [-0.1, -0.05) is 30.3 Å². The number of esters is 1. The number of para-hydroxylation sites is 1. The van der Waals surface area contributed by atoms with E-state index in [1.54, 1.807) is 19.1 Å². The summed E-state index contributed by atoms with van der Waals surface area (Å²) in [5, 5.41) is 12.7. The van der Waals surface area contributed by atoms with Gasteiger partial charge < -0.3 is 14.7 Å². The topological polar surface area (TPSA) is 116 Å². The van der Waals surface area contributed by atoms with Gasteiger partial charge in [-0.05, 0) is 62.8 Å². The smallest absolute Gasteiger partial charge is 0.323 e. The molecule has 4 rings (SSSR count). The van der Waals surface area contributed by atoms with Crippen molar-refractivity contribution in [2.75, 3.05) is 36.9 Å². The average Bonchev–Trinajstić information content (AvgIpc) is 3.07. The van der Waals surface area contributed by atoms with Gasteiger partial charge in [-0.3, -0.25) is 29.4 Å². The van der Waals surface area contributed by atoms with Crippen LogP contribution in [-0.4, -0.2) is 77.8 Å². The predicted octanol–water partition coefficient (Wildman–Crippen LogP) is 3.43. The van der Waals surface area contributed by atoms with Gasteiger partial charge in [-0.25, -0.2) is 0 Å². The van der Waals surface area contributed by atoms with Crippen LogP contribution in [0.2, 0.25) is 0 Å². The highest BCUT2D eigenvalue weighted by Gasteiger charge is 2.35. The fraction of sp³-hybridized carbons (Fsp3) is 0.448. The van der Waals surface area contributed by atoms with E-state index in [2.05, 4.69) is 5.32 Å². The molecular formula is C29H35N3O6S. The zero-order valence-corrected chi connectivity index (χ0v) is 22.9. The van der Waals surface area contributed by atoms with Crippen molar-refractivity contribution in [3.63, 3.8) is 0 Å². The molecule has 2 aliphatic rings. The Morgan fingerprint density at radius 3 is 2.46 bits per heavy atom. The number of piperidine rings is 1. The van der Waals surface area contributed by atoms with Gasteiger partial charge in [-0.15, -0.1) is 11.8 Å². The largest absolute Gasteiger partial charge is 0.480 e. The first-order chi connectivity index (χ1) is 18.9. The van der Waals surface area contributed by atoms with Gasteiger partial charge in [0, 0.05) is 29.3 Å². The summed E-state index contributed by atoms with van der Waals surface area (Å²) in [7, 11) is 0. The van der Waals surface area contributed by atoms with E-state index in [0.29, 0.717) is 42.4 Å². The summed E-state index contributed by atoms with van der Waals surface area (Å²) in [4.78, 5) is 54.7. The number of carbonyl (C=O) groups is 4. The molecule has 2 atom stereocenters. The number of nitrogens with one attached hydrogen (secondary N) is 1. The van der Waals surface area contributed by atoms with Crippen LogP contribution in [0.1, 0.15) is 43.0 Å². The fourth-order valence-corrected chi connectivity index (χ4v) is 6.20. The molecule has 0 saturated carbocycles. The van der Waals surface area contributed by atoms with Crippen LogP contribution in [0.4, 0.5) is 5.69 Å². The van der Waals surface area contributed by atoms with Crippen LogP contribution >= 0.6 is 11.8 Å². The van der Waals surface area contributed by atoms with E-state index in [9.17, 15) is 24.3 Å². The molecule has 1 saturated heterocycles. The molecule has 1 fully saturated rings. The van der Waals surface area contributed by atoms with Crippen LogP contribution in [0.15, 0.2) is 59.5 Å². The highest BCUT2D eigenvalue weighted by molar-refractivity contribution is 7.99. The molecule has 0 aromatic heterocycles. The van der Waals surface area contributed by atoms with Gasteiger partial charge in [0.2, 0.25) is 5.91 Å². The second kappa shape index (κ2) is 13.6. The van der Waals surface area contributed by atoms with Crippen molar-refractivity contribution in [1.29, 1.82) is 0 Å². The number of amides is 2. The van der Waals surface area contributed by atoms with Crippen molar-refractivity contribution in [1.82, 2.24) is 10.2 Å². The number of likely N-dealkylation sites (tertiary alicyclic amines) is 1. The molecule has 2 aromatic carbocycles. The summed E-state index contributed by atoms with van der Waals surface area (Å²) in [6.45, 7) is 2.83. The van der Waals surface area contributed by atoms with Gasteiger partial charge in [0.1, 0.15) is 12.6 Å². The standard InChI is InChI=1S/C29H35N3O6S/c1-2-38-29(37)22(13-12-20-14-16-31(17-15-20)27(35)21-8-4-3-5-9-21)30-23-19-39-25-11-7-6-10-24(25)32(28(23)36)18-26(33)34/h3-11,20,22-23,30H,2,12-19H2,1H3,(H,33,34)/t22-,23?/m1/s1. The minimum Gasteiger partial charge on any atom is -0.480 e. The zero-order chi connectivity index (χ0) is 27.8. The van der Waals surface area contributed by atoms with Gasteiger partial charge in [0.15, 0.2) is 0 Å². The Morgan fingerprint density at radius 1 is 1.08 bits per heavy atom. The molecule has 9 nitrogen and oxygen atoms in total. The summed E-state index contributed by atoms with van der Waals surface area (Å²) in [5.74, 6) is -1.16. The Morgan fingerprint density at radius 2 is 1.77 bits per heavy atom. The fourth-order valence-electron chi connectivity index (χ4n) is 5.12. The maximum Gasteiger partial charge on any atom is 0.323 e. The summed E-state index contributed by atoms with van der Waals surface area (Å²) in [5.41, 5.74) is 1.25. The molecule has 0 spiro atoms. The molecule has 2 heterocycles. The SMILES string of the molecule is CCOC(=O)[C@@H](CCC1CCN(C(=O)c2ccccc2)CC1)NC1CSc2ccccc2N(CC(=O)O)C1=O. The first-order valence-electron chi connectivity index (χ1n) is 13.4. The van der Waals surface area contributed by atoms with Gasteiger partial charge in [-0.2, -0.15) is 0 Å². The summed E-state index contributed by atoms with van der Waals surface area (Å²) in [6, 6.07) is 15.0. The number of benzene rings is 2. The van der Waals surface area contributed by atoms with E-state index in [-0.39, 0.29) is 18.4 Å². The maximum atomic E-state index is 13.5. The quantitative estimate of drug-likeness (QED) is 0.430. The molecule has 0 bridgehead atoms. The highest BCUT2D eigenvalue weighted by atomic mass is 32.2. The van der Waals surface area contributed by atoms with Crippen molar-refractivity contribution in [3.8, 4) is 0 Å². The lowest BCUT2D eigenvalue weighted by molar-refractivity contribution is -0.146. The number of anilines is 1. The number of ether oxygens (including phenoxy) is 1. The minimum absolute atomic E-state index is 0.0383. The van der Waals surface area contributed by atoms with Gasteiger partial charge in [0.25, 0.3) is 5.91 Å². The van der Waals surface area contributed by atoms with Crippen LogP contribution in [0.3, 0.4) is 0 Å². The van der Waals surface area contributed by atoms with E-state index >= 15 is 0 Å². The molecule has 0 aliphatic carbocycles. The number of nitrogens with zero attached hydrogens (tertiary/aromatic N) is 2. The molecule has 2 N–H and O–H groups in total. The van der Waals surface area contributed by atoms with Crippen LogP contribution in [0, 0.1) is 5.92 Å². The monoisotopic (exact) mass is 553 g/mol. The van der Waals surface area contributed by atoms with Crippen molar-refractivity contribution < 1.29 is 29.0 Å². The number of rotatable bonds is 10. The first-order valence-corrected chi connectivity index (χ1v) is 14.4. The second-order valence-corrected chi connectivity index (χ2v) is 10.9. The van der Waals surface area contributed by atoms with E-state index < -0.39 is 30.6 Å². The normalized spacial score (nSPS) is 18.7. The third kappa shape index (κ3) is 7.39. The lowest BCUT2D eigenvalue weighted by Gasteiger charge is -2.33. The number of hydrogen-bond donors (Lipinski definition) is 2. The highest BCUT2D eigenvalue weighted by Crippen LogP contribution is 2.34. The van der Waals surface area contributed by atoms with Crippen molar-refractivity contribution in [2.24, 2.45) is 5.92 Å². The third-order valence-electron chi connectivity index (χ3n) is 7.18. The Balaban J connectivity index is 1.38. The number of carboxylic acid groups (broad SMARTS) is 1. The Labute approximate surface area is 232 Å². The lowest BCUT2D eigenvalue weighted by atomic mass is 9.90. The minimum atomic E-state index is -1.11. The number of carbonyl (C=O) groups excluding carboxylic acids is 3. The first kappa shape index (κ1) is 28.6. The Kier molecular flexibility index (Phi) is 10.00. The van der Waals surface area contributed by atoms with Crippen LogP contribution in [-0.2, 0) is 19.1 Å². The lowest BCUT2D eigenvalue weighted by Crippen LogP contribution is -2.54. The zero-order valence-electron chi connectivity index (χ0n) is 22.1. The second-order valence-electron chi connectivity index (χ2n) is 9.80. The van der Waals surface area contributed by atoms with Crippen LogP contribution in [0.5, 0.6) is 0 Å². The molecule has 39 heavy (non-hydrogen) atoms. The molecule has 2 aliphatic heterocycles. The van der Waals surface area contributed by atoms with Crippen LogP contribution < -0.4 is 10.2 Å². The summed E-state index contributed by atoms with van der Waals surface area (Å²) < 4.78 is 5.32. The summed E-state index contributed by atoms with van der Waals surface area (Å²) >= 11 is 1.46. The Bertz CT molecular complexity index is 1170. The Hall–Kier alpha value is -3.37. The summed E-state index contributed by atoms with van der Waals surface area (Å²) in [6.07, 6.45) is 2.91. The van der Waals surface area contributed by atoms with Crippen molar-refractivity contribution >= 4 is 41.2 Å². The number of hydrogen-bond acceptors (Lipinski definition) is 7. The van der Waals surface area contributed by atoms with Crippen molar-refractivity contribution in [3.05, 3.63) is 60.2 Å². The van der Waals surface area contributed by atoms with Crippen molar-refractivity contribution in [2.45, 2.75) is 49.6 Å². The number of thioether (sulfide) groups is 1. The average molecular weight is 554 g/mol. The molecule has 2 amide bonds. The molecular weight excluding hydrogens is 518 g/mol. The number of carboxylic acids is 1. The van der Waals surface area contributed by atoms with Gasteiger partial charge >= 0.3 is 11.9 Å². The van der Waals surface area contributed by atoms with E-state index in [0.717, 1.165) is 24.2 Å². The number of aliphatic carboxylic acids is 1.